The Balaban J connectivity index is 2.09. The van der Waals surface area contributed by atoms with Gasteiger partial charge in [0, 0.05) is 23.5 Å². The third-order valence-electron chi connectivity index (χ3n) is 3.34. The summed E-state index contributed by atoms with van der Waals surface area (Å²) in [5, 5.41) is 7.79. The zero-order chi connectivity index (χ0) is 14.4. The standard InChI is InChI=1S/C15H21BrN4/c1-3-17-13(9-12-7-5-6-8-14(12)16)10-15-18-11-19-20(15)4-2/h5-8,11,13,17H,3-4,9-10H2,1-2H3. The Bertz CT molecular complexity index is 538. The molecule has 0 saturated carbocycles. The molecule has 108 valence electrons. The van der Waals surface area contributed by atoms with E-state index >= 15 is 0 Å². The van der Waals surface area contributed by atoms with E-state index in [0.29, 0.717) is 6.04 Å². The average Bonchev–Trinajstić information content (AvgIpc) is 2.89. The number of benzene rings is 1. The lowest BCUT2D eigenvalue weighted by Gasteiger charge is -2.18. The molecule has 0 fully saturated rings. The molecule has 0 saturated heterocycles. The summed E-state index contributed by atoms with van der Waals surface area (Å²) in [7, 11) is 0. The first-order valence-corrected chi connectivity index (χ1v) is 7.87. The summed E-state index contributed by atoms with van der Waals surface area (Å²) in [5.74, 6) is 1.05. The number of aromatic nitrogens is 3. The first kappa shape index (κ1) is 15.2. The summed E-state index contributed by atoms with van der Waals surface area (Å²) in [4.78, 5) is 4.37. The molecule has 4 nitrogen and oxygen atoms in total. The van der Waals surface area contributed by atoms with E-state index in [9.17, 15) is 0 Å². The molecule has 0 spiro atoms. The SMILES string of the molecule is CCNC(Cc1ccccc1Br)Cc1ncnn1CC. The van der Waals surface area contributed by atoms with Crippen LogP contribution in [-0.4, -0.2) is 27.4 Å². The van der Waals surface area contributed by atoms with E-state index < -0.39 is 0 Å². The monoisotopic (exact) mass is 336 g/mol. The number of halogens is 1. The summed E-state index contributed by atoms with van der Waals surface area (Å²) in [6.07, 6.45) is 3.51. The minimum absolute atomic E-state index is 0.369. The Morgan fingerprint density at radius 2 is 2.05 bits per heavy atom. The van der Waals surface area contributed by atoms with E-state index in [1.165, 1.54) is 10.0 Å². The molecule has 1 atom stereocenters. The van der Waals surface area contributed by atoms with Gasteiger partial charge < -0.3 is 5.32 Å². The summed E-state index contributed by atoms with van der Waals surface area (Å²) in [5.41, 5.74) is 1.32. The molecule has 1 N–H and O–H groups in total. The van der Waals surface area contributed by atoms with Crippen molar-refractivity contribution < 1.29 is 0 Å². The van der Waals surface area contributed by atoms with Crippen LogP contribution in [0.5, 0.6) is 0 Å². The molecule has 1 aromatic heterocycles. The molecule has 0 aliphatic carbocycles. The number of likely N-dealkylation sites (N-methyl/N-ethyl adjacent to an activating group) is 1. The molecule has 2 aromatic rings. The molecule has 0 radical (unpaired) electrons. The van der Waals surface area contributed by atoms with Crippen LogP contribution in [0.1, 0.15) is 25.2 Å². The van der Waals surface area contributed by atoms with Gasteiger partial charge in [-0.05, 0) is 31.5 Å². The molecule has 1 heterocycles. The highest BCUT2D eigenvalue weighted by atomic mass is 79.9. The van der Waals surface area contributed by atoms with Crippen molar-refractivity contribution in [3.8, 4) is 0 Å². The van der Waals surface area contributed by atoms with Gasteiger partial charge in [-0.2, -0.15) is 5.10 Å². The van der Waals surface area contributed by atoms with Crippen molar-refractivity contribution in [1.29, 1.82) is 0 Å². The molecular weight excluding hydrogens is 316 g/mol. The third kappa shape index (κ3) is 3.90. The van der Waals surface area contributed by atoms with Gasteiger partial charge in [-0.3, -0.25) is 4.68 Å². The quantitative estimate of drug-likeness (QED) is 0.845. The Kier molecular flexibility index (Phi) is 5.73. The van der Waals surface area contributed by atoms with Crippen molar-refractivity contribution in [2.45, 2.75) is 39.3 Å². The van der Waals surface area contributed by atoms with Crippen LogP contribution < -0.4 is 5.32 Å². The highest BCUT2D eigenvalue weighted by molar-refractivity contribution is 9.10. The Hall–Kier alpha value is -1.20. The maximum absolute atomic E-state index is 4.37. The number of nitrogens with zero attached hydrogens (tertiary/aromatic N) is 3. The minimum atomic E-state index is 0.369. The van der Waals surface area contributed by atoms with E-state index in [0.717, 1.165) is 31.8 Å². The molecule has 1 unspecified atom stereocenters. The second kappa shape index (κ2) is 7.55. The van der Waals surface area contributed by atoms with Crippen LogP contribution in [0.2, 0.25) is 0 Å². The van der Waals surface area contributed by atoms with Crippen LogP contribution in [0.25, 0.3) is 0 Å². The van der Waals surface area contributed by atoms with E-state index in [2.05, 4.69) is 63.4 Å². The topological polar surface area (TPSA) is 42.7 Å². The number of hydrogen-bond acceptors (Lipinski definition) is 3. The zero-order valence-corrected chi connectivity index (χ0v) is 13.6. The second-order valence-electron chi connectivity index (χ2n) is 4.75. The normalized spacial score (nSPS) is 12.6. The minimum Gasteiger partial charge on any atom is -0.313 e. The van der Waals surface area contributed by atoms with Crippen molar-refractivity contribution >= 4 is 15.9 Å². The van der Waals surface area contributed by atoms with Crippen molar-refractivity contribution in [3.63, 3.8) is 0 Å². The van der Waals surface area contributed by atoms with Crippen LogP contribution in [0.4, 0.5) is 0 Å². The predicted molar refractivity (Wildman–Crippen MR) is 84.7 cm³/mol. The number of rotatable bonds is 7. The summed E-state index contributed by atoms with van der Waals surface area (Å²) >= 11 is 3.62. The molecule has 20 heavy (non-hydrogen) atoms. The first-order chi connectivity index (χ1) is 9.74. The van der Waals surface area contributed by atoms with Crippen LogP contribution in [0.3, 0.4) is 0 Å². The van der Waals surface area contributed by atoms with Crippen LogP contribution >= 0.6 is 15.9 Å². The van der Waals surface area contributed by atoms with E-state index in [4.69, 9.17) is 0 Å². The van der Waals surface area contributed by atoms with Crippen LogP contribution in [-0.2, 0) is 19.4 Å². The van der Waals surface area contributed by atoms with Crippen molar-refractivity contribution in [2.75, 3.05) is 6.54 Å². The fraction of sp³-hybridized carbons (Fsp3) is 0.467. The third-order valence-corrected chi connectivity index (χ3v) is 4.11. The van der Waals surface area contributed by atoms with Crippen LogP contribution in [0.15, 0.2) is 35.1 Å². The smallest absolute Gasteiger partial charge is 0.138 e. The lowest BCUT2D eigenvalue weighted by Crippen LogP contribution is -2.34. The zero-order valence-electron chi connectivity index (χ0n) is 12.0. The number of nitrogens with one attached hydrogen (secondary N) is 1. The van der Waals surface area contributed by atoms with Gasteiger partial charge in [0.05, 0.1) is 0 Å². The van der Waals surface area contributed by atoms with E-state index in [-0.39, 0.29) is 0 Å². The summed E-state index contributed by atoms with van der Waals surface area (Å²) in [6.45, 7) is 6.05. The Morgan fingerprint density at radius 3 is 2.75 bits per heavy atom. The molecule has 0 aliphatic rings. The van der Waals surface area contributed by atoms with Crippen LogP contribution in [0, 0.1) is 0 Å². The van der Waals surface area contributed by atoms with Gasteiger partial charge >= 0.3 is 0 Å². The lowest BCUT2D eigenvalue weighted by molar-refractivity contribution is 0.489. The predicted octanol–water partition coefficient (Wildman–Crippen LogP) is 2.82. The van der Waals surface area contributed by atoms with Crippen molar-refractivity contribution in [3.05, 3.63) is 46.5 Å². The highest BCUT2D eigenvalue weighted by Gasteiger charge is 2.14. The molecule has 0 bridgehead atoms. The van der Waals surface area contributed by atoms with Crippen molar-refractivity contribution in [1.82, 2.24) is 20.1 Å². The summed E-state index contributed by atoms with van der Waals surface area (Å²) < 4.78 is 3.13. The fourth-order valence-corrected chi connectivity index (χ4v) is 2.81. The molecule has 2 rings (SSSR count). The Labute approximate surface area is 128 Å². The van der Waals surface area contributed by atoms with Gasteiger partial charge in [-0.1, -0.05) is 41.1 Å². The maximum atomic E-state index is 4.37. The van der Waals surface area contributed by atoms with Gasteiger partial charge in [0.2, 0.25) is 0 Å². The molecule has 0 aliphatic heterocycles. The maximum Gasteiger partial charge on any atom is 0.138 e. The van der Waals surface area contributed by atoms with Gasteiger partial charge in [-0.15, -0.1) is 0 Å². The summed E-state index contributed by atoms with van der Waals surface area (Å²) in [6, 6.07) is 8.75. The molecule has 5 heteroatoms. The largest absolute Gasteiger partial charge is 0.313 e. The lowest BCUT2D eigenvalue weighted by atomic mass is 10.0. The fourth-order valence-electron chi connectivity index (χ4n) is 2.37. The molecule has 0 amide bonds. The second-order valence-corrected chi connectivity index (χ2v) is 5.60. The van der Waals surface area contributed by atoms with E-state index in [1.54, 1.807) is 6.33 Å². The molecular formula is C15H21BrN4. The van der Waals surface area contributed by atoms with Gasteiger partial charge in [-0.25, -0.2) is 4.98 Å². The number of hydrogen-bond donors (Lipinski definition) is 1. The van der Waals surface area contributed by atoms with Crippen molar-refractivity contribution in [2.24, 2.45) is 0 Å². The van der Waals surface area contributed by atoms with Gasteiger partial charge in [0.25, 0.3) is 0 Å². The average molecular weight is 337 g/mol. The van der Waals surface area contributed by atoms with E-state index in [1.807, 2.05) is 10.7 Å². The van der Waals surface area contributed by atoms with Gasteiger partial charge in [0.15, 0.2) is 0 Å². The Morgan fingerprint density at radius 1 is 1.25 bits per heavy atom. The first-order valence-electron chi connectivity index (χ1n) is 7.08. The van der Waals surface area contributed by atoms with Gasteiger partial charge in [0.1, 0.15) is 12.2 Å². The molecule has 1 aromatic carbocycles. The number of aryl methyl sites for hydroxylation is 1. The highest BCUT2D eigenvalue weighted by Crippen LogP contribution is 2.18.